The van der Waals surface area contributed by atoms with E-state index in [2.05, 4.69) is 16.0 Å². The lowest BCUT2D eigenvalue weighted by Gasteiger charge is -2.15. The van der Waals surface area contributed by atoms with Crippen LogP contribution < -0.4 is 25.4 Å². The number of rotatable bonds is 7. The van der Waals surface area contributed by atoms with Crippen LogP contribution in [0.5, 0.6) is 11.5 Å². The van der Waals surface area contributed by atoms with E-state index in [4.69, 9.17) is 9.47 Å². The fourth-order valence-electron chi connectivity index (χ4n) is 2.48. The summed E-state index contributed by atoms with van der Waals surface area (Å²) >= 11 is 0. The maximum absolute atomic E-state index is 12.0. The molecule has 0 fully saturated rings. The normalized spacial score (nSPS) is 11.2. The zero-order valence-electron chi connectivity index (χ0n) is 16.3. The summed E-state index contributed by atoms with van der Waals surface area (Å²) in [6.45, 7) is 1.22. The summed E-state index contributed by atoms with van der Waals surface area (Å²) < 4.78 is 10.3. The Labute approximate surface area is 168 Å². The van der Waals surface area contributed by atoms with Gasteiger partial charge in [-0.1, -0.05) is 6.07 Å². The first-order valence-electron chi connectivity index (χ1n) is 8.71. The van der Waals surface area contributed by atoms with Gasteiger partial charge >= 0.3 is 11.8 Å². The first-order chi connectivity index (χ1) is 13.8. The standard InChI is InChI=1S/C20H23N3O6/c1-12(24)22-14-5-7-15(8-6-14)23-20(27)19(26)21-11-16(25)13-4-9-17(28-2)18(10-13)29-3/h4-10,16,25H,11H2,1-3H3,(H,21,26)(H,22,24)(H,23,27). The molecule has 0 saturated carbocycles. The lowest BCUT2D eigenvalue weighted by Crippen LogP contribution is -2.37. The molecule has 9 nitrogen and oxygen atoms in total. The number of anilines is 2. The second kappa shape index (κ2) is 10.1. The van der Waals surface area contributed by atoms with Gasteiger partial charge in [-0.3, -0.25) is 14.4 Å². The van der Waals surface area contributed by atoms with Gasteiger partial charge in [0.05, 0.1) is 20.3 Å². The molecule has 2 rings (SSSR count). The minimum Gasteiger partial charge on any atom is -0.493 e. The van der Waals surface area contributed by atoms with Crippen molar-refractivity contribution in [3.05, 3.63) is 48.0 Å². The van der Waals surface area contributed by atoms with Crippen molar-refractivity contribution in [1.29, 1.82) is 0 Å². The van der Waals surface area contributed by atoms with E-state index in [9.17, 15) is 19.5 Å². The van der Waals surface area contributed by atoms with Gasteiger partial charge < -0.3 is 30.5 Å². The van der Waals surface area contributed by atoms with Crippen LogP contribution in [0.3, 0.4) is 0 Å². The van der Waals surface area contributed by atoms with E-state index in [-0.39, 0.29) is 12.5 Å². The number of nitrogens with one attached hydrogen (secondary N) is 3. The average molecular weight is 401 g/mol. The smallest absolute Gasteiger partial charge is 0.313 e. The van der Waals surface area contributed by atoms with Crippen LogP contribution in [0.1, 0.15) is 18.6 Å². The SMILES string of the molecule is COc1ccc(C(O)CNC(=O)C(=O)Nc2ccc(NC(C)=O)cc2)cc1OC. The molecule has 0 aliphatic heterocycles. The van der Waals surface area contributed by atoms with E-state index in [0.29, 0.717) is 28.4 Å². The first kappa shape index (κ1) is 21.7. The molecular weight excluding hydrogens is 378 g/mol. The van der Waals surface area contributed by atoms with Crippen LogP contribution in [0.25, 0.3) is 0 Å². The summed E-state index contributed by atoms with van der Waals surface area (Å²) in [4.78, 5) is 35.0. The maximum atomic E-state index is 12.0. The molecule has 0 aromatic heterocycles. The number of benzene rings is 2. The Morgan fingerprint density at radius 3 is 2.03 bits per heavy atom. The molecule has 0 saturated heterocycles. The van der Waals surface area contributed by atoms with Gasteiger partial charge in [0.25, 0.3) is 0 Å². The van der Waals surface area contributed by atoms with E-state index >= 15 is 0 Å². The van der Waals surface area contributed by atoms with E-state index in [0.717, 1.165) is 0 Å². The molecule has 0 heterocycles. The Kier molecular flexibility index (Phi) is 7.55. The molecular formula is C20H23N3O6. The van der Waals surface area contributed by atoms with Crippen molar-refractivity contribution < 1.29 is 29.0 Å². The zero-order valence-corrected chi connectivity index (χ0v) is 16.3. The molecule has 2 aromatic rings. The number of hydrogen-bond acceptors (Lipinski definition) is 6. The van der Waals surface area contributed by atoms with Gasteiger partial charge in [-0.15, -0.1) is 0 Å². The second-order valence-corrected chi connectivity index (χ2v) is 6.05. The zero-order chi connectivity index (χ0) is 21.4. The van der Waals surface area contributed by atoms with Gasteiger partial charge in [0.15, 0.2) is 11.5 Å². The van der Waals surface area contributed by atoms with E-state index in [1.165, 1.54) is 21.1 Å². The van der Waals surface area contributed by atoms with Crippen molar-refractivity contribution in [1.82, 2.24) is 5.32 Å². The predicted octanol–water partition coefficient (Wildman–Crippen LogP) is 1.45. The van der Waals surface area contributed by atoms with Crippen LogP contribution in [0.4, 0.5) is 11.4 Å². The van der Waals surface area contributed by atoms with Crippen molar-refractivity contribution >= 4 is 29.1 Å². The highest BCUT2D eigenvalue weighted by Gasteiger charge is 2.17. The molecule has 0 aliphatic carbocycles. The minimum atomic E-state index is -1.04. The van der Waals surface area contributed by atoms with Crippen molar-refractivity contribution in [2.75, 3.05) is 31.4 Å². The van der Waals surface area contributed by atoms with Crippen LogP contribution in [0.2, 0.25) is 0 Å². The Balaban J connectivity index is 1.89. The third kappa shape index (κ3) is 6.22. The molecule has 1 atom stereocenters. The summed E-state index contributed by atoms with van der Waals surface area (Å²) in [5, 5.41) is 17.7. The molecule has 1 unspecified atom stereocenters. The Morgan fingerprint density at radius 2 is 1.48 bits per heavy atom. The molecule has 0 spiro atoms. The fraction of sp³-hybridized carbons (Fsp3) is 0.250. The van der Waals surface area contributed by atoms with Gasteiger partial charge in [0.2, 0.25) is 5.91 Å². The fourth-order valence-corrected chi connectivity index (χ4v) is 2.48. The summed E-state index contributed by atoms with van der Waals surface area (Å²) in [6.07, 6.45) is -1.04. The third-order valence-electron chi connectivity index (χ3n) is 3.92. The molecule has 2 aromatic carbocycles. The molecule has 9 heteroatoms. The van der Waals surface area contributed by atoms with Gasteiger partial charge in [-0.05, 0) is 42.0 Å². The lowest BCUT2D eigenvalue weighted by atomic mass is 10.1. The van der Waals surface area contributed by atoms with Crippen molar-refractivity contribution in [3.63, 3.8) is 0 Å². The van der Waals surface area contributed by atoms with Crippen LogP contribution in [0, 0.1) is 0 Å². The average Bonchev–Trinajstić information content (AvgIpc) is 2.72. The predicted molar refractivity (Wildman–Crippen MR) is 107 cm³/mol. The number of methoxy groups -OCH3 is 2. The largest absolute Gasteiger partial charge is 0.493 e. The topological polar surface area (TPSA) is 126 Å². The van der Waals surface area contributed by atoms with Gasteiger partial charge in [0, 0.05) is 24.8 Å². The number of aliphatic hydroxyl groups is 1. The van der Waals surface area contributed by atoms with E-state index < -0.39 is 17.9 Å². The number of carbonyl (C=O) groups is 3. The van der Waals surface area contributed by atoms with Gasteiger partial charge in [0.1, 0.15) is 0 Å². The Bertz CT molecular complexity index is 882. The number of amides is 3. The Morgan fingerprint density at radius 1 is 0.897 bits per heavy atom. The van der Waals surface area contributed by atoms with Crippen molar-refractivity contribution in [2.24, 2.45) is 0 Å². The number of carbonyl (C=O) groups excluding carboxylic acids is 3. The Hall–Kier alpha value is -3.59. The quantitative estimate of drug-likeness (QED) is 0.520. The van der Waals surface area contributed by atoms with Crippen LogP contribution in [-0.4, -0.2) is 43.6 Å². The van der Waals surface area contributed by atoms with Crippen LogP contribution in [-0.2, 0) is 14.4 Å². The van der Waals surface area contributed by atoms with Gasteiger partial charge in [-0.2, -0.15) is 0 Å². The monoisotopic (exact) mass is 401 g/mol. The molecule has 29 heavy (non-hydrogen) atoms. The van der Waals surface area contributed by atoms with Crippen molar-refractivity contribution in [2.45, 2.75) is 13.0 Å². The lowest BCUT2D eigenvalue weighted by molar-refractivity contribution is -0.136. The number of hydrogen-bond donors (Lipinski definition) is 4. The molecule has 4 N–H and O–H groups in total. The molecule has 3 amide bonds. The molecule has 154 valence electrons. The van der Waals surface area contributed by atoms with E-state index in [1.54, 1.807) is 42.5 Å². The third-order valence-corrected chi connectivity index (χ3v) is 3.92. The molecule has 0 radical (unpaired) electrons. The summed E-state index contributed by atoms with van der Waals surface area (Å²) in [6, 6.07) is 11.1. The number of ether oxygens (including phenoxy) is 2. The molecule has 0 aliphatic rings. The van der Waals surface area contributed by atoms with Crippen molar-refractivity contribution in [3.8, 4) is 11.5 Å². The molecule has 0 bridgehead atoms. The highest BCUT2D eigenvalue weighted by Crippen LogP contribution is 2.29. The summed E-state index contributed by atoms with van der Waals surface area (Å²) in [7, 11) is 2.98. The highest BCUT2D eigenvalue weighted by atomic mass is 16.5. The van der Waals surface area contributed by atoms with Gasteiger partial charge in [-0.25, -0.2) is 0 Å². The van der Waals surface area contributed by atoms with E-state index in [1.807, 2.05) is 0 Å². The minimum absolute atomic E-state index is 0.163. The number of aliphatic hydroxyl groups excluding tert-OH is 1. The maximum Gasteiger partial charge on any atom is 0.313 e. The van der Waals surface area contributed by atoms with Crippen LogP contribution >= 0.6 is 0 Å². The summed E-state index contributed by atoms with van der Waals surface area (Å²) in [5.74, 6) is -1.03. The second-order valence-electron chi connectivity index (χ2n) is 6.05. The first-order valence-corrected chi connectivity index (χ1v) is 8.71. The summed E-state index contributed by atoms with van der Waals surface area (Å²) in [5.41, 5.74) is 1.45. The van der Waals surface area contributed by atoms with Crippen LogP contribution in [0.15, 0.2) is 42.5 Å². The highest BCUT2D eigenvalue weighted by molar-refractivity contribution is 6.39.